The third-order valence-corrected chi connectivity index (χ3v) is 4.45. The third-order valence-electron chi connectivity index (χ3n) is 4.14. The number of aromatic nitrogens is 5. The zero-order valence-electron chi connectivity index (χ0n) is 13.3. The number of hydrogen-bond acceptors (Lipinski definition) is 7. The first-order valence-corrected chi connectivity index (χ1v) is 7.95. The molecule has 0 saturated carbocycles. The van der Waals surface area contributed by atoms with Gasteiger partial charge in [-0.1, -0.05) is 30.7 Å². The molecule has 4 aromatic rings. The summed E-state index contributed by atoms with van der Waals surface area (Å²) in [7, 11) is 0. The zero-order valence-corrected chi connectivity index (χ0v) is 14.0. The van der Waals surface area contributed by atoms with E-state index in [1.807, 2.05) is 25.1 Å². The molecule has 9 heteroatoms. The van der Waals surface area contributed by atoms with Crippen molar-refractivity contribution < 1.29 is 0 Å². The molecule has 0 saturated heterocycles. The van der Waals surface area contributed by atoms with Crippen LogP contribution in [0.15, 0.2) is 24.3 Å². The topological polar surface area (TPSA) is 145 Å². The number of nitrogen functional groups attached to an aromatic ring is 3. The van der Waals surface area contributed by atoms with Crippen LogP contribution in [0.2, 0.25) is 5.02 Å². The van der Waals surface area contributed by atoms with Crippen LogP contribution in [0.5, 0.6) is 0 Å². The molecule has 1 aromatic carbocycles. The average Bonchev–Trinajstić information content (AvgIpc) is 2.99. The quantitative estimate of drug-likeness (QED) is 0.432. The first-order valence-electron chi connectivity index (χ1n) is 7.57. The summed E-state index contributed by atoms with van der Waals surface area (Å²) >= 11 is 6.19. The van der Waals surface area contributed by atoms with Crippen molar-refractivity contribution in [2.75, 3.05) is 17.2 Å². The van der Waals surface area contributed by atoms with Crippen molar-refractivity contribution in [1.82, 2.24) is 24.9 Å². The van der Waals surface area contributed by atoms with Gasteiger partial charge in [0.15, 0.2) is 17.0 Å². The third kappa shape index (κ3) is 2.47. The van der Waals surface area contributed by atoms with E-state index in [1.54, 1.807) is 6.07 Å². The second-order valence-corrected chi connectivity index (χ2v) is 6.19. The second-order valence-electron chi connectivity index (χ2n) is 5.78. The summed E-state index contributed by atoms with van der Waals surface area (Å²) in [5.74, 6) is 1.21. The van der Waals surface area contributed by atoms with Crippen LogP contribution in [0.3, 0.4) is 0 Å². The Bertz CT molecular complexity index is 1120. The molecule has 1 unspecified atom stereocenters. The van der Waals surface area contributed by atoms with E-state index in [-0.39, 0.29) is 17.7 Å². The van der Waals surface area contributed by atoms with Crippen molar-refractivity contribution >= 4 is 51.3 Å². The highest BCUT2D eigenvalue weighted by molar-refractivity contribution is 6.35. The van der Waals surface area contributed by atoms with Crippen LogP contribution in [0.4, 0.5) is 17.6 Å². The molecule has 4 rings (SSSR count). The van der Waals surface area contributed by atoms with E-state index in [9.17, 15) is 0 Å². The SMILES string of the molecule is CC(c1nc2c(N)nc(N)nc2[nH]1)c1cc2cccc(Cl)c2nc1N. The van der Waals surface area contributed by atoms with Gasteiger partial charge in [0.1, 0.15) is 11.6 Å². The van der Waals surface area contributed by atoms with Crippen molar-refractivity contribution in [3.63, 3.8) is 0 Å². The maximum Gasteiger partial charge on any atom is 0.224 e. The minimum Gasteiger partial charge on any atom is -0.383 e. The Morgan fingerprint density at radius 3 is 2.60 bits per heavy atom. The molecule has 0 aliphatic rings. The van der Waals surface area contributed by atoms with Crippen LogP contribution in [0.1, 0.15) is 24.2 Å². The van der Waals surface area contributed by atoms with Crippen LogP contribution < -0.4 is 17.2 Å². The van der Waals surface area contributed by atoms with Gasteiger partial charge >= 0.3 is 0 Å². The molecule has 0 amide bonds. The molecule has 0 bridgehead atoms. The molecular weight excluding hydrogens is 340 g/mol. The number of nitrogens with zero attached hydrogens (tertiary/aromatic N) is 4. The average molecular weight is 355 g/mol. The fraction of sp³-hybridized carbons (Fsp3) is 0.125. The lowest BCUT2D eigenvalue weighted by Gasteiger charge is -2.13. The smallest absolute Gasteiger partial charge is 0.224 e. The standard InChI is InChI=1S/C16H15ClN8/c1-6(14-22-11-13(19)23-16(20)25-15(11)24-14)8-5-7-3-2-4-9(17)10(7)21-12(8)18/h2-6H,1H3,(H2,18,21)(H5,19,20,22,23,24,25). The molecule has 7 N–H and O–H groups in total. The van der Waals surface area contributed by atoms with Gasteiger partial charge in [-0.25, -0.2) is 9.97 Å². The van der Waals surface area contributed by atoms with Crippen LogP contribution in [-0.4, -0.2) is 24.9 Å². The predicted molar refractivity (Wildman–Crippen MR) is 99.2 cm³/mol. The lowest BCUT2D eigenvalue weighted by Crippen LogP contribution is -2.05. The van der Waals surface area contributed by atoms with E-state index in [4.69, 9.17) is 28.8 Å². The van der Waals surface area contributed by atoms with Gasteiger partial charge in [-0.2, -0.15) is 9.97 Å². The number of pyridine rings is 1. The van der Waals surface area contributed by atoms with Crippen LogP contribution in [0, 0.1) is 0 Å². The van der Waals surface area contributed by atoms with Crippen LogP contribution in [0.25, 0.3) is 22.1 Å². The monoisotopic (exact) mass is 354 g/mol. The number of imidazole rings is 1. The van der Waals surface area contributed by atoms with E-state index < -0.39 is 0 Å². The summed E-state index contributed by atoms with van der Waals surface area (Å²) < 4.78 is 0. The molecule has 126 valence electrons. The lowest BCUT2D eigenvalue weighted by atomic mass is 9.99. The summed E-state index contributed by atoms with van der Waals surface area (Å²) in [5, 5.41) is 1.47. The molecular formula is C16H15ClN8. The van der Waals surface area contributed by atoms with Crippen molar-refractivity contribution in [1.29, 1.82) is 0 Å². The Balaban J connectivity index is 1.86. The number of rotatable bonds is 2. The molecule has 3 aromatic heterocycles. The van der Waals surface area contributed by atoms with Crippen LogP contribution >= 0.6 is 11.6 Å². The molecule has 0 aliphatic heterocycles. The summed E-state index contributed by atoms with van der Waals surface area (Å²) in [6.45, 7) is 1.97. The number of anilines is 3. The Morgan fingerprint density at radius 2 is 1.80 bits per heavy atom. The minimum atomic E-state index is -0.161. The molecule has 3 heterocycles. The van der Waals surface area contributed by atoms with Crippen molar-refractivity contribution in [3.8, 4) is 0 Å². The van der Waals surface area contributed by atoms with E-state index in [1.165, 1.54) is 0 Å². The fourth-order valence-electron chi connectivity index (χ4n) is 2.85. The largest absolute Gasteiger partial charge is 0.383 e. The van der Waals surface area contributed by atoms with E-state index in [0.29, 0.717) is 33.3 Å². The molecule has 1 atom stereocenters. The van der Waals surface area contributed by atoms with Gasteiger partial charge in [0.25, 0.3) is 0 Å². The van der Waals surface area contributed by atoms with Crippen LogP contribution in [-0.2, 0) is 0 Å². The summed E-state index contributed by atoms with van der Waals surface area (Å²) in [6.07, 6.45) is 0. The molecule has 0 aliphatic carbocycles. The first kappa shape index (κ1) is 15.4. The molecule has 8 nitrogen and oxygen atoms in total. The summed E-state index contributed by atoms with van der Waals surface area (Å²) in [4.78, 5) is 20.1. The summed E-state index contributed by atoms with van der Waals surface area (Å²) in [5.41, 5.74) is 20.1. The van der Waals surface area contributed by atoms with E-state index in [2.05, 4.69) is 24.9 Å². The highest BCUT2D eigenvalue weighted by atomic mass is 35.5. The van der Waals surface area contributed by atoms with E-state index in [0.717, 1.165) is 10.9 Å². The Hall–Kier alpha value is -3.13. The number of fused-ring (bicyclic) bond motifs is 2. The maximum absolute atomic E-state index is 6.19. The summed E-state index contributed by atoms with van der Waals surface area (Å²) in [6, 6.07) is 7.55. The fourth-order valence-corrected chi connectivity index (χ4v) is 3.07. The maximum atomic E-state index is 6.19. The Morgan fingerprint density at radius 1 is 1.00 bits per heavy atom. The number of H-pyrrole nitrogens is 1. The van der Waals surface area contributed by atoms with E-state index >= 15 is 0 Å². The Labute approximate surface area is 147 Å². The number of benzene rings is 1. The van der Waals surface area contributed by atoms with Gasteiger partial charge in [-0.3, -0.25) is 0 Å². The Kier molecular flexibility index (Phi) is 3.36. The lowest BCUT2D eigenvalue weighted by molar-refractivity contribution is 0.844. The number of nitrogens with one attached hydrogen (secondary N) is 1. The van der Waals surface area contributed by atoms with Gasteiger partial charge in [0.2, 0.25) is 5.95 Å². The number of aromatic amines is 1. The van der Waals surface area contributed by atoms with Gasteiger partial charge in [0.05, 0.1) is 10.5 Å². The molecule has 25 heavy (non-hydrogen) atoms. The minimum absolute atomic E-state index is 0.0920. The zero-order chi connectivity index (χ0) is 17.7. The predicted octanol–water partition coefficient (Wildman–Crippen LogP) is 2.45. The van der Waals surface area contributed by atoms with Gasteiger partial charge < -0.3 is 22.2 Å². The number of nitrogens with two attached hydrogens (primary N) is 3. The molecule has 0 radical (unpaired) electrons. The van der Waals surface area contributed by atoms with Gasteiger partial charge in [-0.05, 0) is 12.1 Å². The highest BCUT2D eigenvalue weighted by Crippen LogP contribution is 2.32. The number of hydrogen-bond donors (Lipinski definition) is 4. The van der Waals surface area contributed by atoms with Crippen molar-refractivity contribution in [3.05, 3.63) is 40.7 Å². The van der Waals surface area contributed by atoms with Crippen molar-refractivity contribution in [2.45, 2.75) is 12.8 Å². The number of para-hydroxylation sites is 1. The second kappa shape index (κ2) is 5.45. The van der Waals surface area contributed by atoms with Gasteiger partial charge in [0, 0.05) is 16.9 Å². The highest BCUT2D eigenvalue weighted by Gasteiger charge is 2.19. The van der Waals surface area contributed by atoms with Crippen molar-refractivity contribution in [2.24, 2.45) is 0 Å². The molecule has 0 fully saturated rings. The molecule has 0 spiro atoms. The van der Waals surface area contributed by atoms with Gasteiger partial charge in [-0.15, -0.1) is 0 Å². The first-order chi connectivity index (χ1) is 11.9. The number of halogens is 1. The normalized spacial score (nSPS) is 12.7.